The van der Waals surface area contributed by atoms with E-state index in [1.807, 2.05) is 0 Å². The number of hydrogen-bond acceptors (Lipinski definition) is 6. The summed E-state index contributed by atoms with van der Waals surface area (Å²) in [5.41, 5.74) is 0. The highest BCUT2D eigenvalue weighted by Crippen LogP contribution is 2.19. The zero-order chi connectivity index (χ0) is 13.1. The van der Waals surface area contributed by atoms with Crippen LogP contribution in [0.2, 0.25) is 0 Å². The van der Waals surface area contributed by atoms with Crippen LogP contribution in [0, 0.1) is 4.77 Å². The number of hydrogen-bond donors (Lipinski definition) is 1. The van der Waals surface area contributed by atoms with E-state index in [1.165, 1.54) is 0 Å². The summed E-state index contributed by atoms with van der Waals surface area (Å²) in [5, 5.41) is 0. The highest BCUT2D eigenvalue weighted by Gasteiger charge is 2.16. The standard InChI is InChI=1S/C12H18N4O2S/c19-12-13-10(15-1-5-17-6-2-15)9-11(14-12)16-3-7-18-8-4-16/h9H,1-8H2,(H,13,14,19). The van der Waals surface area contributed by atoms with Crippen LogP contribution in [0.1, 0.15) is 0 Å². The molecule has 104 valence electrons. The van der Waals surface area contributed by atoms with Gasteiger partial charge in [0.05, 0.1) is 26.4 Å². The van der Waals surface area contributed by atoms with Crippen LogP contribution in [0.3, 0.4) is 0 Å². The number of anilines is 2. The van der Waals surface area contributed by atoms with E-state index in [-0.39, 0.29) is 0 Å². The fraction of sp³-hybridized carbons (Fsp3) is 0.667. The van der Waals surface area contributed by atoms with Gasteiger partial charge in [-0.15, -0.1) is 0 Å². The monoisotopic (exact) mass is 282 g/mol. The maximum atomic E-state index is 5.37. The first kappa shape index (κ1) is 12.8. The molecule has 0 radical (unpaired) electrons. The zero-order valence-corrected chi connectivity index (χ0v) is 11.6. The third-order valence-electron chi connectivity index (χ3n) is 3.40. The molecule has 2 fully saturated rings. The maximum absolute atomic E-state index is 5.37. The lowest BCUT2D eigenvalue weighted by atomic mass is 10.3. The SMILES string of the molecule is S=c1nc(N2CCOCC2)cc(N2CCOCC2)[nH]1. The predicted molar refractivity (Wildman–Crippen MR) is 75.5 cm³/mol. The first-order chi connectivity index (χ1) is 9.33. The zero-order valence-electron chi connectivity index (χ0n) is 10.8. The second-order valence-electron chi connectivity index (χ2n) is 4.63. The van der Waals surface area contributed by atoms with Crippen LogP contribution in [0.25, 0.3) is 0 Å². The van der Waals surface area contributed by atoms with Crippen LogP contribution in [0.5, 0.6) is 0 Å². The summed E-state index contributed by atoms with van der Waals surface area (Å²) in [6, 6.07) is 2.08. The molecule has 1 aromatic heterocycles. The topological polar surface area (TPSA) is 53.6 Å². The van der Waals surface area contributed by atoms with Gasteiger partial charge in [-0.05, 0) is 12.2 Å². The van der Waals surface area contributed by atoms with Crippen molar-refractivity contribution in [3.8, 4) is 0 Å². The van der Waals surface area contributed by atoms with Crippen molar-refractivity contribution in [2.24, 2.45) is 0 Å². The second-order valence-corrected chi connectivity index (χ2v) is 5.02. The molecule has 0 saturated carbocycles. The van der Waals surface area contributed by atoms with E-state index in [4.69, 9.17) is 21.7 Å². The Labute approximate surface area is 117 Å². The number of aromatic nitrogens is 2. The van der Waals surface area contributed by atoms with Crippen molar-refractivity contribution in [3.05, 3.63) is 10.8 Å². The number of aromatic amines is 1. The molecule has 1 N–H and O–H groups in total. The predicted octanol–water partition coefficient (Wildman–Crippen LogP) is 0.812. The molecule has 0 amide bonds. The number of H-pyrrole nitrogens is 1. The molecule has 2 saturated heterocycles. The average Bonchev–Trinajstić information content (AvgIpc) is 2.48. The number of rotatable bonds is 2. The Hall–Kier alpha value is -1.18. The Morgan fingerprint density at radius 1 is 1.00 bits per heavy atom. The van der Waals surface area contributed by atoms with Crippen LogP contribution in [-0.2, 0) is 9.47 Å². The van der Waals surface area contributed by atoms with Crippen molar-refractivity contribution in [3.63, 3.8) is 0 Å². The molecule has 7 heteroatoms. The van der Waals surface area contributed by atoms with Gasteiger partial charge in [0.1, 0.15) is 11.6 Å². The highest BCUT2D eigenvalue weighted by molar-refractivity contribution is 7.71. The van der Waals surface area contributed by atoms with Gasteiger partial charge in [0.15, 0.2) is 4.77 Å². The van der Waals surface area contributed by atoms with Crippen LogP contribution in [0.15, 0.2) is 6.07 Å². The first-order valence-corrected chi connectivity index (χ1v) is 7.00. The van der Waals surface area contributed by atoms with E-state index < -0.39 is 0 Å². The van der Waals surface area contributed by atoms with Crippen molar-refractivity contribution in [1.82, 2.24) is 9.97 Å². The molecule has 19 heavy (non-hydrogen) atoms. The average molecular weight is 282 g/mol. The highest BCUT2D eigenvalue weighted by atomic mass is 32.1. The molecule has 0 aliphatic carbocycles. The number of nitrogens with zero attached hydrogens (tertiary/aromatic N) is 3. The molecule has 6 nitrogen and oxygen atoms in total. The van der Waals surface area contributed by atoms with E-state index in [1.54, 1.807) is 0 Å². The Morgan fingerprint density at radius 2 is 1.58 bits per heavy atom. The summed E-state index contributed by atoms with van der Waals surface area (Å²) in [4.78, 5) is 12.1. The van der Waals surface area contributed by atoms with Crippen molar-refractivity contribution < 1.29 is 9.47 Å². The van der Waals surface area contributed by atoms with Gasteiger partial charge in [0, 0.05) is 32.2 Å². The normalized spacial score (nSPS) is 20.6. The molecule has 0 aromatic carbocycles. The molecule has 0 bridgehead atoms. The van der Waals surface area contributed by atoms with Gasteiger partial charge in [0.2, 0.25) is 0 Å². The van der Waals surface area contributed by atoms with Gasteiger partial charge in [-0.25, -0.2) is 4.98 Å². The van der Waals surface area contributed by atoms with E-state index >= 15 is 0 Å². The number of nitrogens with one attached hydrogen (secondary N) is 1. The summed E-state index contributed by atoms with van der Waals surface area (Å²) >= 11 is 5.24. The molecular weight excluding hydrogens is 264 g/mol. The molecule has 2 aliphatic heterocycles. The molecule has 2 aliphatic rings. The van der Waals surface area contributed by atoms with Gasteiger partial charge in [0.25, 0.3) is 0 Å². The summed E-state index contributed by atoms with van der Waals surface area (Å²) in [6.07, 6.45) is 0. The van der Waals surface area contributed by atoms with E-state index in [0.29, 0.717) is 4.77 Å². The van der Waals surface area contributed by atoms with Crippen LogP contribution in [0.4, 0.5) is 11.6 Å². The van der Waals surface area contributed by atoms with E-state index in [0.717, 1.165) is 64.2 Å². The van der Waals surface area contributed by atoms with E-state index in [9.17, 15) is 0 Å². The third-order valence-corrected chi connectivity index (χ3v) is 3.60. The Balaban J connectivity index is 1.84. The van der Waals surface area contributed by atoms with Crippen molar-refractivity contribution >= 4 is 23.9 Å². The smallest absolute Gasteiger partial charge is 0.200 e. The van der Waals surface area contributed by atoms with Gasteiger partial charge >= 0.3 is 0 Å². The third kappa shape index (κ3) is 3.05. The van der Waals surface area contributed by atoms with Crippen LogP contribution < -0.4 is 9.80 Å². The van der Waals surface area contributed by atoms with Gasteiger partial charge < -0.3 is 24.3 Å². The van der Waals surface area contributed by atoms with Gasteiger partial charge in [-0.1, -0.05) is 0 Å². The van der Waals surface area contributed by atoms with Gasteiger partial charge in [-0.2, -0.15) is 0 Å². The van der Waals surface area contributed by atoms with Gasteiger partial charge in [-0.3, -0.25) is 0 Å². The van der Waals surface area contributed by atoms with Crippen molar-refractivity contribution in [2.45, 2.75) is 0 Å². The minimum atomic E-state index is 0.533. The molecule has 0 spiro atoms. The maximum Gasteiger partial charge on any atom is 0.200 e. The molecule has 3 rings (SSSR count). The quantitative estimate of drug-likeness (QED) is 0.810. The Kier molecular flexibility index (Phi) is 3.95. The lowest BCUT2D eigenvalue weighted by molar-refractivity contribution is 0.122. The molecule has 3 heterocycles. The van der Waals surface area contributed by atoms with Crippen LogP contribution in [-0.4, -0.2) is 62.6 Å². The summed E-state index contributed by atoms with van der Waals surface area (Å²) in [7, 11) is 0. The summed E-state index contributed by atoms with van der Waals surface area (Å²) < 4.78 is 11.3. The molecular formula is C12H18N4O2S. The van der Waals surface area contributed by atoms with E-state index in [2.05, 4.69) is 25.8 Å². The fourth-order valence-corrected chi connectivity index (χ4v) is 2.56. The Morgan fingerprint density at radius 3 is 2.21 bits per heavy atom. The fourth-order valence-electron chi connectivity index (χ4n) is 2.36. The first-order valence-electron chi connectivity index (χ1n) is 6.60. The summed E-state index contributed by atoms with van der Waals surface area (Å²) in [5.74, 6) is 1.97. The molecule has 1 aromatic rings. The minimum absolute atomic E-state index is 0.533. The summed E-state index contributed by atoms with van der Waals surface area (Å²) in [6.45, 7) is 6.53. The second kappa shape index (κ2) is 5.85. The largest absolute Gasteiger partial charge is 0.378 e. The Bertz CT molecular complexity index is 442. The molecule has 0 unspecified atom stereocenters. The number of ether oxygens (including phenoxy) is 2. The van der Waals surface area contributed by atoms with Crippen molar-refractivity contribution in [1.29, 1.82) is 0 Å². The minimum Gasteiger partial charge on any atom is -0.378 e. The van der Waals surface area contributed by atoms with Crippen molar-refractivity contribution in [2.75, 3.05) is 62.4 Å². The molecule has 0 atom stereocenters. The number of morpholine rings is 2. The lowest BCUT2D eigenvalue weighted by Gasteiger charge is -2.31. The van der Waals surface area contributed by atoms with Crippen LogP contribution >= 0.6 is 12.2 Å². The lowest BCUT2D eigenvalue weighted by Crippen LogP contribution is -2.38.